The minimum absolute atomic E-state index is 0.0384. The maximum atomic E-state index is 11.0. The van der Waals surface area contributed by atoms with Crippen LogP contribution in [0.3, 0.4) is 0 Å². The van der Waals surface area contributed by atoms with E-state index in [1.165, 1.54) is 0 Å². The van der Waals surface area contributed by atoms with Crippen molar-refractivity contribution in [2.75, 3.05) is 19.0 Å². The summed E-state index contributed by atoms with van der Waals surface area (Å²) in [5, 5.41) is 8.36. The van der Waals surface area contributed by atoms with Crippen molar-refractivity contribution in [1.29, 1.82) is 0 Å². The van der Waals surface area contributed by atoms with Crippen molar-refractivity contribution in [3.05, 3.63) is 0 Å². The van der Waals surface area contributed by atoms with Crippen LogP contribution >= 0.6 is 0 Å². The summed E-state index contributed by atoms with van der Waals surface area (Å²) in [6, 6.07) is 0. The number of rotatable bonds is 7. The highest BCUT2D eigenvalue weighted by Crippen LogP contribution is 1.99. The Hall–Kier alpha value is -0.130. The van der Waals surface area contributed by atoms with Crippen LogP contribution < -0.4 is 0 Å². The first-order valence-corrected chi connectivity index (χ1v) is 5.68. The summed E-state index contributed by atoms with van der Waals surface area (Å²) >= 11 is 0. The molecule has 0 aliphatic carbocycles. The van der Waals surface area contributed by atoms with E-state index in [1.807, 2.05) is 6.92 Å². The summed E-state index contributed by atoms with van der Waals surface area (Å²) in [6.07, 6.45) is 1.83. The van der Waals surface area contributed by atoms with Crippen LogP contribution in [0.2, 0.25) is 0 Å². The lowest BCUT2D eigenvalue weighted by Crippen LogP contribution is -2.11. The molecule has 4 nitrogen and oxygen atoms in total. The van der Waals surface area contributed by atoms with Gasteiger partial charge in [-0.15, -0.1) is 0 Å². The van der Waals surface area contributed by atoms with Gasteiger partial charge in [-0.2, -0.15) is 8.42 Å². The quantitative estimate of drug-likeness (QED) is 0.476. The van der Waals surface area contributed by atoms with Crippen LogP contribution in [0.25, 0.3) is 0 Å². The summed E-state index contributed by atoms with van der Waals surface area (Å²) in [4.78, 5) is 0. The van der Waals surface area contributed by atoms with Crippen LogP contribution in [0, 0.1) is 0 Å². The predicted molar refractivity (Wildman–Crippen MR) is 46.3 cm³/mol. The smallest absolute Gasteiger partial charge is 0.267 e. The molecule has 0 fully saturated rings. The third-order valence-corrected chi connectivity index (χ3v) is 2.63. The SMILES string of the molecule is CCCCS(=O)(=O)OCCCO. The molecule has 0 atom stereocenters. The predicted octanol–water partition coefficient (Wildman–Crippen LogP) is 0.515. The second kappa shape index (κ2) is 6.39. The van der Waals surface area contributed by atoms with Gasteiger partial charge in [0.25, 0.3) is 10.1 Å². The molecular weight excluding hydrogens is 180 g/mol. The molecule has 0 aliphatic rings. The van der Waals surface area contributed by atoms with E-state index in [-0.39, 0.29) is 19.0 Å². The highest BCUT2D eigenvalue weighted by molar-refractivity contribution is 7.86. The Labute approximate surface area is 73.7 Å². The van der Waals surface area contributed by atoms with Crippen molar-refractivity contribution in [2.24, 2.45) is 0 Å². The van der Waals surface area contributed by atoms with Gasteiger partial charge in [0.2, 0.25) is 0 Å². The third-order valence-electron chi connectivity index (χ3n) is 1.31. The third kappa shape index (κ3) is 6.57. The average molecular weight is 196 g/mol. The maximum Gasteiger partial charge on any atom is 0.267 e. The highest BCUT2D eigenvalue weighted by atomic mass is 32.2. The summed E-state index contributed by atoms with van der Waals surface area (Å²) < 4.78 is 26.5. The van der Waals surface area contributed by atoms with Crippen molar-refractivity contribution in [1.82, 2.24) is 0 Å². The molecule has 0 bridgehead atoms. The first-order valence-electron chi connectivity index (χ1n) is 4.10. The Morgan fingerprint density at radius 1 is 1.33 bits per heavy atom. The van der Waals surface area contributed by atoms with Gasteiger partial charge in [0.05, 0.1) is 12.4 Å². The fourth-order valence-electron chi connectivity index (χ4n) is 0.630. The summed E-state index contributed by atoms with van der Waals surface area (Å²) in [5.41, 5.74) is 0. The van der Waals surface area contributed by atoms with Gasteiger partial charge in [-0.1, -0.05) is 13.3 Å². The van der Waals surface area contributed by atoms with Crippen LogP contribution in [0.15, 0.2) is 0 Å². The van der Waals surface area contributed by atoms with Crippen molar-refractivity contribution < 1.29 is 17.7 Å². The molecule has 0 aromatic heterocycles. The molecule has 74 valence electrons. The van der Waals surface area contributed by atoms with Crippen molar-refractivity contribution >= 4 is 10.1 Å². The normalized spacial score (nSPS) is 11.8. The summed E-state index contributed by atoms with van der Waals surface area (Å²) in [6.45, 7) is 1.97. The lowest BCUT2D eigenvalue weighted by Gasteiger charge is -2.02. The molecule has 0 saturated carbocycles. The zero-order valence-electron chi connectivity index (χ0n) is 7.32. The Bertz CT molecular complexity index is 186. The second-order valence-corrected chi connectivity index (χ2v) is 4.27. The van der Waals surface area contributed by atoms with Gasteiger partial charge in [-0.25, -0.2) is 0 Å². The van der Waals surface area contributed by atoms with Crippen LogP contribution in [0.4, 0.5) is 0 Å². The fraction of sp³-hybridized carbons (Fsp3) is 1.00. The van der Waals surface area contributed by atoms with Crippen LogP contribution in [0.5, 0.6) is 0 Å². The Morgan fingerprint density at radius 2 is 2.00 bits per heavy atom. The van der Waals surface area contributed by atoms with E-state index in [2.05, 4.69) is 4.18 Å². The first-order chi connectivity index (χ1) is 5.62. The molecule has 0 radical (unpaired) electrons. The minimum Gasteiger partial charge on any atom is -0.396 e. The van der Waals surface area contributed by atoms with Crippen molar-refractivity contribution in [2.45, 2.75) is 26.2 Å². The van der Waals surface area contributed by atoms with E-state index in [1.54, 1.807) is 0 Å². The van der Waals surface area contributed by atoms with Gasteiger partial charge < -0.3 is 5.11 Å². The lowest BCUT2D eigenvalue weighted by molar-refractivity contribution is 0.236. The molecule has 0 spiro atoms. The lowest BCUT2D eigenvalue weighted by atomic mass is 10.4. The number of hydrogen-bond acceptors (Lipinski definition) is 4. The molecule has 1 N–H and O–H groups in total. The Balaban J connectivity index is 3.58. The molecule has 0 aromatic carbocycles. The first kappa shape index (κ1) is 11.9. The average Bonchev–Trinajstić information content (AvgIpc) is 2.01. The fourth-order valence-corrected chi connectivity index (χ4v) is 1.76. The second-order valence-electron chi connectivity index (χ2n) is 2.51. The molecular formula is C7H16O4S. The van der Waals surface area contributed by atoms with E-state index in [0.717, 1.165) is 6.42 Å². The van der Waals surface area contributed by atoms with E-state index in [9.17, 15) is 8.42 Å². The monoisotopic (exact) mass is 196 g/mol. The Morgan fingerprint density at radius 3 is 2.50 bits per heavy atom. The van der Waals surface area contributed by atoms with Gasteiger partial charge >= 0.3 is 0 Å². The zero-order valence-corrected chi connectivity index (χ0v) is 8.14. The standard InChI is InChI=1S/C7H16O4S/c1-2-3-7-12(9,10)11-6-4-5-8/h8H,2-7H2,1H3. The van der Waals surface area contributed by atoms with Gasteiger partial charge in [-0.05, 0) is 12.8 Å². The van der Waals surface area contributed by atoms with E-state index >= 15 is 0 Å². The van der Waals surface area contributed by atoms with Crippen LogP contribution in [-0.4, -0.2) is 32.5 Å². The van der Waals surface area contributed by atoms with E-state index in [4.69, 9.17) is 5.11 Å². The number of aliphatic hydroxyl groups is 1. The van der Waals surface area contributed by atoms with Gasteiger partial charge in [0, 0.05) is 6.61 Å². The van der Waals surface area contributed by atoms with Gasteiger partial charge in [0.1, 0.15) is 0 Å². The minimum atomic E-state index is -3.33. The highest BCUT2D eigenvalue weighted by Gasteiger charge is 2.08. The molecule has 0 unspecified atom stereocenters. The van der Waals surface area contributed by atoms with E-state index < -0.39 is 10.1 Å². The van der Waals surface area contributed by atoms with Gasteiger partial charge in [0.15, 0.2) is 0 Å². The molecule has 12 heavy (non-hydrogen) atoms. The molecule has 0 aromatic rings. The molecule has 0 aliphatic heterocycles. The maximum absolute atomic E-state index is 11.0. The number of hydrogen-bond donors (Lipinski definition) is 1. The van der Waals surface area contributed by atoms with Crippen LogP contribution in [0.1, 0.15) is 26.2 Å². The molecule has 0 heterocycles. The zero-order chi connectivity index (χ0) is 9.45. The molecule has 0 saturated heterocycles. The molecule has 5 heteroatoms. The number of unbranched alkanes of at least 4 members (excludes halogenated alkanes) is 1. The number of aliphatic hydroxyl groups excluding tert-OH is 1. The Kier molecular flexibility index (Phi) is 6.32. The van der Waals surface area contributed by atoms with Crippen molar-refractivity contribution in [3.63, 3.8) is 0 Å². The molecule has 0 rings (SSSR count). The van der Waals surface area contributed by atoms with Crippen molar-refractivity contribution in [3.8, 4) is 0 Å². The van der Waals surface area contributed by atoms with E-state index in [0.29, 0.717) is 12.8 Å². The van der Waals surface area contributed by atoms with Gasteiger partial charge in [-0.3, -0.25) is 4.18 Å². The van der Waals surface area contributed by atoms with Crippen LogP contribution in [-0.2, 0) is 14.3 Å². The molecule has 0 amide bonds. The summed E-state index contributed by atoms with van der Waals surface area (Å²) in [5.74, 6) is 0.0783. The topological polar surface area (TPSA) is 63.6 Å². The summed E-state index contributed by atoms with van der Waals surface area (Å²) in [7, 11) is -3.33. The largest absolute Gasteiger partial charge is 0.396 e.